The molecule has 0 aliphatic heterocycles. The highest BCUT2D eigenvalue weighted by molar-refractivity contribution is 7.13. The molecule has 10 nitrogen and oxygen atoms in total. The fraction of sp³-hybridized carbons (Fsp3) is 0.400. The standard InChI is InChI=1S/C10H15BN4O6S/c1-10(2,8(17)18)21-15-6(5-3-22-9(12)14-5)7(16)13-4-11(19)20/h3,19-20H,4H2,1-2H3,(H2,12,14)(H,13,16)(H,17,18). The highest BCUT2D eigenvalue weighted by Crippen LogP contribution is 2.15. The highest BCUT2D eigenvalue weighted by Gasteiger charge is 2.31. The van der Waals surface area contributed by atoms with Crippen LogP contribution in [0, 0.1) is 0 Å². The number of nitrogens with two attached hydrogens (primary N) is 1. The molecule has 1 rings (SSSR count). The second-order valence-electron chi connectivity index (χ2n) is 4.61. The van der Waals surface area contributed by atoms with E-state index in [1.807, 2.05) is 0 Å². The van der Waals surface area contributed by atoms with Crippen LogP contribution in [0.25, 0.3) is 0 Å². The molecule has 0 radical (unpaired) electrons. The van der Waals surface area contributed by atoms with Crippen molar-refractivity contribution >= 4 is 41.2 Å². The van der Waals surface area contributed by atoms with Crippen molar-refractivity contribution in [2.24, 2.45) is 5.16 Å². The van der Waals surface area contributed by atoms with E-state index < -0.39 is 31.0 Å². The average molecular weight is 330 g/mol. The second kappa shape index (κ2) is 7.20. The molecule has 120 valence electrons. The molecule has 6 N–H and O–H groups in total. The fourth-order valence-corrected chi connectivity index (χ4v) is 1.62. The van der Waals surface area contributed by atoms with Crippen LogP contribution in [0.5, 0.6) is 0 Å². The molecule has 0 aliphatic rings. The van der Waals surface area contributed by atoms with Crippen molar-refractivity contribution in [2.75, 3.05) is 12.2 Å². The van der Waals surface area contributed by atoms with Gasteiger partial charge >= 0.3 is 13.1 Å². The van der Waals surface area contributed by atoms with Gasteiger partial charge in [-0.05, 0) is 13.8 Å². The lowest BCUT2D eigenvalue weighted by Crippen LogP contribution is -2.40. The summed E-state index contributed by atoms with van der Waals surface area (Å²) >= 11 is 1.05. The van der Waals surface area contributed by atoms with Gasteiger partial charge in [0.25, 0.3) is 5.91 Å². The molecule has 1 aromatic heterocycles. The topological polar surface area (TPSA) is 167 Å². The number of amides is 1. The predicted molar refractivity (Wildman–Crippen MR) is 79.1 cm³/mol. The van der Waals surface area contributed by atoms with Crippen molar-refractivity contribution < 1.29 is 29.6 Å². The SMILES string of the molecule is CC(C)(ON=C(C(=O)NCB(O)O)c1csc(N)n1)C(=O)O. The molecular weight excluding hydrogens is 315 g/mol. The second-order valence-corrected chi connectivity index (χ2v) is 5.50. The van der Waals surface area contributed by atoms with Crippen molar-refractivity contribution in [1.29, 1.82) is 0 Å². The Morgan fingerprint density at radius 1 is 1.55 bits per heavy atom. The molecule has 12 heteroatoms. The average Bonchev–Trinajstić information content (AvgIpc) is 2.82. The first-order chi connectivity index (χ1) is 10.1. The molecule has 0 saturated heterocycles. The number of carboxylic acid groups (broad SMARTS) is 1. The fourth-order valence-electron chi connectivity index (χ4n) is 1.07. The molecular formula is C10H15BN4O6S. The third-order valence-electron chi connectivity index (χ3n) is 2.31. The third-order valence-corrected chi connectivity index (χ3v) is 2.98. The van der Waals surface area contributed by atoms with Crippen LogP contribution in [0.1, 0.15) is 19.5 Å². The summed E-state index contributed by atoms with van der Waals surface area (Å²) < 4.78 is 0. The summed E-state index contributed by atoms with van der Waals surface area (Å²) in [4.78, 5) is 31.7. The van der Waals surface area contributed by atoms with Crippen LogP contribution in [-0.4, -0.2) is 56.9 Å². The number of nitrogens with one attached hydrogen (secondary N) is 1. The van der Waals surface area contributed by atoms with Gasteiger partial charge in [0.2, 0.25) is 5.60 Å². The Labute approximate surface area is 129 Å². The normalized spacial score (nSPS) is 11.9. The number of nitrogen functional groups attached to an aromatic ring is 1. The molecule has 0 aliphatic carbocycles. The van der Waals surface area contributed by atoms with Gasteiger partial charge in [-0.2, -0.15) is 0 Å². The maximum Gasteiger partial charge on any atom is 0.472 e. The van der Waals surface area contributed by atoms with E-state index in [2.05, 4.69) is 15.5 Å². The molecule has 0 atom stereocenters. The van der Waals surface area contributed by atoms with Gasteiger partial charge in [0.1, 0.15) is 5.69 Å². The quantitative estimate of drug-likeness (QED) is 0.227. The Balaban J connectivity index is 3.01. The molecule has 0 spiro atoms. The number of oxime groups is 1. The zero-order valence-corrected chi connectivity index (χ0v) is 12.6. The van der Waals surface area contributed by atoms with E-state index in [0.29, 0.717) is 0 Å². The minimum Gasteiger partial charge on any atom is -0.478 e. The summed E-state index contributed by atoms with van der Waals surface area (Å²) in [6, 6.07) is 0. The molecule has 0 saturated carbocycles. The molecule has 22 heavy (non-hydrogen) atoms. The Morgan fingerprint density at radius 2 is 2.18 bits per heavy atom. The summed E-state index contributed by atoms with van der Waals surface area (Å²) in [5.41, 5.74) is 3.56. The van der Waals surface area contributed by atoms with Crippen molar-refractivity contribution in [3.8, 4) is 0 Å². The Morgan fingerprint density at radius 3 is 2.64 bits per heavy atom. The maximum absolute atomic E-state index is 12.0. The summed E-state index contributed by atoms with van der Waals surface area (Å²) in [6.45, 7) is 2.50. The van der Waals surface area contributed by atoms with Crippen LogP contribution in [-0.2, 0) is 14.4 Å². The lowest BCUT2D eigenvalue weighted by Gasteiger charge is -2.17. The van der Waals surface area contributed by atoms with Crippen molar-refractivity contribution in [1.82, 2.24) is 10.3 Å². The number of thiazole rings is 1. The van der Waals surface area contributed by atoms with Crippen molar-refractivity contribution in [2.45, 2.75) is 19.4 Å². The van der Waals surface area contributed by atoms with Crippen molar-refractivity contribution in [3.63, 3.8) is 0 Å². The van der Waals surface area contributed by atoms with E-state index in [4.69, 9.17) is 25.7 Å². The first-order valence-corrected chi connectivity index (χ1v) is 6.86. The van der Waals surface area contributed by atoms with Gasteiger partial charge in [-0.15, -0.1) is 11.3 Å². The van der Waals surface area contributed by atoms with E-state index >= 15 is 0 Å². The smallest absolute Gasteiger partial charge is 0.472 e. The molecule has 0 bridgehead atoms. The predicted octanol–water partition coefficient (Wildman–Crippen LogP) is -1.56. The van der Waals surface area contributed by atoms with Gasteiger partial charge in [-0.1, -0.05) is 5.16 Å². The number of carbonyl (C=O) groups is 2. The molecule has 1 heterocycles. The largest absolute Gasteiger partial charge is 0.478 e. The number of aliphatic carboxylic acids is 1. The van der Waals surface area contributed by atoms with Crippen LogP contribution in [0.4, 0.5) is 5.13 Å². The van der Waals surface area contributed by atoms with E-state index in [9.17, 15) is 9.59 Å². The van der Waals surface area contributed by atoms with Gasteiger partial charge in [0, 0.05) is 5.38 Å². The van der Waals surface area contributed by atoms with Gasteiger partial charge in [0.15, 0.2) is 10.8 Å². The monoisotopic (exact) mass is 330 g/mol. The Kier molecular flexibility index (Phi) is 5.85. The Hall–Kier alpha value is -2.18. The van der Waals surface area contributed by atoms with Gasteiger partial charge < -0.3 is 31.0 Å². The first-order valence-electron chi connectivity index (χ1n) is 5.98. The number of aromatic nitrogens is 1. The van der Waals surface area contributed by atoms with Crippen LogP contribution in [0.3, 0.4) is 0 Å². The Bertz CT molecular complexity index is 588. The minimum absolute atomic E-state index is 0.0774. The van der Waals surface area contributed by atoms with E-state index in [1.165, 1.54) is 19.2 Å². The van der Waals surface area contributed by atoms with Crippen molar-refractivity contribution in [3.05, 3.63) is 11.1 Å². The van der Waals surface area contributed by atoms with Crippen LogP contribution >= 0.6 is 11.3 Å². The van der Waals surface area contributed by atoms with E-state index in [1.54, 1.807) is 0 Å². The van der Waals surface area contributed by atoms with Crippen LogP contribution in [0.15, 0.2) is 10.5 Å². The van der Waals surface area contributed by atoms with Gasteiger partial charge in [-0.3, -0.25) is 4.79 Å². The first kappa shape index (κ1) is 17.9. The lowest BCUT2D eigenvalue weighted by atomic mass is 9.92. The number of carboxylic acids is 1. The number of rotatable bonds is 7. The molecule has 0 aromatic carbocycles. The minimum atomic E-state index is -1.75. The highest BCUT2D eigenvalue weighted by atomic mass is 32.1. The lowest BCUT2D eigenvalue weighted by molar-refractivity contribution is -0.161. The summed E-state index contributed by atoms with van der Waals surface area (Å²) in [7, 11) is -1.75. The molecule has 0 unspecified atom stereocenters. The van der Waals surface area contributed by atoms with Crippen LogP contribution < -0.4 is 11.1 Å². The number of hydrogen-bond donors (Lipinski definition) is 5. The number of hydrogen-bond acceptors (Lipinski definition) is 9. The molecule has 1 aromatic rings. The number of anilines is 1. The maximum atomic E-state index is 12.0. The van der Waals surface area contributed by atoms with Gasteiger partial charge in [-0.25, -0.2) is 9.78 Å². The zero-order chi connectivity index (χ0) is 16.9. The van der Waals surface area contributed by atoms with E-state index in [0.717, 1.165) is 11.3 Å². The third kappa shape index (κ3) is 4.98. The molecule has 0 fully saturated rings. The number of nitrogens with zero attached hydrogens (tertiary/aromatic N) is 2. The van der Waals surface area contributed by atoms with E-state index in [-0.39, 0.29) is 16.5 Å². The summed E-state index contributed by atoms with van der Waals surface area (Å²) in [5.74, 6) is -2.10. The summed E-state index contributed by atoms with van der Waals surface area (Å²) in [6.07, 6.45) is -0.445. The van der Waals surface area contributed by atoms with Gasteiger partial charge in [0.05, 0.1) is 6.44 Å². The molecule has 1 amide bonds. The zero-order valence-electron chi connectivity index (χ0n) is 11.8. The van der Waals surface area contributed by atoms with Crippen LogP contribution in [0.2, 0.25) is 0 Å². The number of carbonyl (C=O) groups excluding carboxylic acids is 1. The summed E-state index contributed by atoms with van der Waals surface area (Å²) in [5, 5.41) is 33.8.